The number of aromatic nitrogens is 2. The quantitative estimate of drug-likeness (QED) is 0.606. The van der Waals surface area contributed by atoms with Crippen LogP contribution in [-0.4, -0.2) is 9.97 Å². The minimum absolute atomic E-state index is 0.256. The lowest BCUT2D eigenvalue weighted by atomic mass is 10.2. The van der Waals surface area contributed by atoms with Crippen LogP contribution < -0.4 is 0 Å². The van der Waals surface area contributed by atoms with Gasteiger partial charge in [-0.05, 0) is 35.2 Å². The van der Waals surface area contributed by atoms with Gasteiger partial charge >= 0.3 is 0 Å². The summed E-state index contributed by atoms with van der Waals surface area (Å²) in [5, 5.41) is 2.14. The van der Waals surface area contributed by atoms with Gasteiger partial charge in [-0.2, -0.15) is 0 Å². The summed E-state index contributed by atoms with van der Waals surface area (Å²) >= 11 is 13.5. The molecule has 3 rings (SSSR count). The first-order chi connectivity index (χ1) is 8.24. The number of halogens is 2. The zero-order valence-electron chi connectivity index (χ0n) is 8.52. The summed E-state index contributed by atoms with van der Waals surface area (Å²) in [7, 11) is 0. The van der Waals surface area contributed by atoms with Crippen LogP contribution in [0.15, 0.2) is 36.5 Å². The molecule has 0 aliphatic carbocycles. The largest absolute Gasteiger partial charge is 0.226 e. The van der Waals surface area contributed by atoms with E-state index in [2.05, 4.69) is 16.0 Å². The van der Waals surface area contributed by atoms with E-state index in [1.54, 1.807) is 17.5 Å². The molecule has 0 saturated heterocycles. The fourth-order valence-electron chi connectivity index (χ4n) is 1.63. The Morgan fingerprint density at radius 3 is 2.76 bits per heavy atom. The van der Waals surface area contributed by atoms with Crippen molar-refractivity contribution in [2.75, 3.05) is 0 Å². The molecule has 0 aliphatic heterocycles. The maximum Gasteiger partial charge on any atom is 0.222 e. The van der Waals surface area contributed by atoms with Gasteiger partial charge < -0.3 is 0 Å². The molecule has 0 radical (unpaired) electrons. The van der Waals surface area contributed by atoms with Crippen LogP contribution in [-0.2, 0) is 0 Å². The van der Waals surface area contributed by atoms with Crippen molar-refractivity contribution in [1.29, 1.82) is 0 Å². The second kappa shape index (κ2) is 4.26. The number of hydrogen-bond donors (Lipinski definition) is 0. The van der Waals surface area contributed by atoms with Gasteiger partial charge in [-0.25, -0.2) is 9.97 Å². The molecule has 0 saturated carbocycles. The highest BCUT2D eigenvalue weighted by atomic mass is 35.5. The van der Waals surface area contributed by atoms with Gasteiger partial charge in [0.1, 0.15) is 0 Å². The van der Waals surface area contributed by atoms with E-state index < -0.39 is 0 Å². The molecule has 0 amide bonds. The second-order valence-electron chi connectivity index (χ2n) is 3.48. The molecule has 0 unspecified atom stereocenters. The van der Waals surface area contributed by atoms with Gasteiger partial charge in [-0.15, -0.1) is 11.3 Å². The highest BCUT2D eigenvalue weighted by Crippen LogP contribution is 2.36. The summed E-state index contributed by atoms with van der Waals surface area (Å²) in [6, 6.07) is 9.75. The van der Waals surface area contributed by atoms with Gasteiger partial charge in [0.2, 0.25) is 5.28 Å². The molecule has 0 spiro atoms. The Balaban J connectivity index is 2.22. The molecule has 0 N–H and O–H groups in total. The molecule has 5 heteroatoms. The first-order valence-corrected chi connectivity index (χ1v) is 6.48. The molecule has 0 fully saturated rings. The van der Waals surface area contributed by atoms with Gasteiger partial charge in [0.15, 0.2) is 0 Å². The van der Waals surface area contributed by atoms with Gasteiger partial charge in [0.25, 0.3) is 0 Å². The fourth-order valence-corrected chi connectivity index (χ4v) is 3.11. The van der Waals surface area contributed by atoms with E-state index in [0.717, 1.165) is 25.7 Å². The number of hydrogen-bond acceptors (Lipinski definition) is 3. The van der Waals surface area contributed by atoms with Gasteiger partial charge in [0, 0.05) is 6.20 Å². The lowest BCUT2D eigenvalue weighted by molar-refractivity contribution is 1.18. The van der Waals surface area contributed by atoms with Crippen molar-refractivity contribution in [2.45, 2.75) is 0 Å². The normalized spacial score (nSPS) is 10.9. The third-order valence-corrected chi connectivity index (χ3v) is 4.19. The lowest BCUT2D eigenvalue weighted by Gasteiger charge is -1.94. The smallest absolute Gasteiger partial charge is 0.222 e. The van der Waals surface area contributed by atoms with Crippen molar-refractivity contribution in [2.24, 2.45) is 0 Å². The molecule has 2 nitrogen and oxygen atoms in total. The predicted octanol–water partition coefficient (Wildman–Crippen LogP) is 4.67. The van der Waals surface area contributed by atoms with Crippen molar-refractivity contribution < 1.29 is 0 Å². The van der Waals surface area contributed by atoms with E-state index >= 15 is 0 Å². The number of rotatable bonds is 1. The van der Waals surface area contributed by atoms with Crippen LogP contribution in [0.5, 0.6) is 0 Å². The first-order valence-electron chi connectivity index (χ1n) is 4.91. The summed E-state index contributed by atoms with van der Waals surface area (Å²) in [6.45, 7) is 0. The maximum absolute atomic E-state index is 6.14. The Hall–Kier alpha value is -1.16. The van der Waals surface area contributed by atoms with E-state index in [0.29, 0.717) is 0 Å². The Bertz CT molecular complexity index is 694. The number of benzene rings is 1. The van der Waals surface area contributed by atoms with E-state index in [1.807, 2.05) is 24.3 Å². The molecule has 3 aromatic rings. The SMILES string of the molecule is Clc1nccc(-c2cc3cccc(Cl)c3s2)n1. The minimum atomic E-state index is 0.256. The van der Waals surface area contributed by atoms with E-state index in [9.17, 15) is 0 Å². The summed E-state index contributed by atoms with van der Waals surface area (Å²) in [5.41, 5.74) is 0.822. The predicted molar refractivity (Wildman–Crippen MR) is 72.9 cm³/mol. The van der Waals surface area contributed by atoms with Crippen molar-refractivity contribution in [1.82, 2.24) is 9.97 Å². The van der Waals surface area contributed by atoms with Gasteiger partial charge in [-0.3, -0.25) is 0 Å². The summed E-state index contributed by atoms with van der Waals surface area (Å²) < 4.78 is 1.07. The molecule has 2 heterocycles. The number of nitrogens with zero attached hydrogens (tertiary/aromatic N) is 2. The molecule has 17 heavy (non-hydrogen) atoms. The van der Waals surface area contributed by atoms with Crippen molar-refractivity contribution in [3.8, 4) is 10.6 Å². The van der Waals surface area contributed by atoms with Crippen molar-refractivity contribution in [3.05, 3.63) is 46.8 Å². The first kappa shape index (κ1) is 11.0. The molecule has 1 aromatic carbocycles. The zero-order chi connectivity index (χ0) is 11.8. The third-order valence-electron chi connectivity index (χ3n) is 2.37. The van der Waals surface area contributed by atoms with Gasteiger partial charge in [-0.1, -0.05) is 23.7 Å². The summed E-state index contributed by atoms with van der Waals surface area (Å²) in [5.74, 6) is 0. The van der Waals surface area contributed by atoms with Crippen LogP contribution in [0.25, 0.3) is 20.7 Å². The molecule has 0 aliphatic rings. The average molecular weight is 281 g/mol. The Morgan fingerprint density at radius 2 is 2.00 bits per heavy atom. The minimum Gasteiger partial charge on any atom is -0.226 e. The van der Waals surface area contributed by atoms with Gasteiger partial charge in [0.05, 0.1) is 20.3 Å². The average Bonchev–Trinajstić information content (AvgIpc) is 2.74. The molecular formula is C12H6Cl2N2S. The maximum atomic E-state index is 6.14. The monoisotopic (exact) mass is 280 g/mol. The topological polar surface area (TPSA) is 25.8 Å². The van der Waals surface area contributed by atoms with Crippen molar-refractivity contribution in [3.63, 3.8) is 0 Å². The third kappa shape index (κ3) is 2.02. The molecule has 0 bridgehead atoms. The molecular weight excluding hydrogens is 275 g/mol. The number of thiophene rings is 1. The van der Waals surface area contributed by atoms with Crippen molar-refractivity contribution >= 4 is 44.6 Å². The summed E-state index contributed by atoms with van der Waals surface area (Å²) in [4.78, 5) is 9.10. The molecule has 84 valence electrons. The molecule has 2 aromatic heterocycles. The summed E-state index contributed by atoms with van der Waals surface area (Å²) in [6.07, 6.45) is 1.65. The Morgan fingerprint density at radius 1 is 1.12 bits per heavy atom. The van der Waals surface area contributed by atoms with Crippen LogP contribution in [0.2, 0.25) is 10.3 Å². The fraction of sp³-hybridized carbons (Fsp3) is 0. The number of fused-ring (bicyclic) bond motifs is 1. The highest BCUT2D eigenvalue weighted by Gasteiger charge is 2.08. The van der Waals surface area contributed by atoms with E-state index in [4.69, 9.17) is 23.2 Å². The standard InChI is InChI=1S/C12H6Cl2N2S/c13-8-3-1-2-7-6-10(17-11(7)8)9-4-5-15-12(14)16-9/h1-6H. The molecule has 0 atom stereocenters. The van der Waals surface area contributed by atoms with E-state index in [1.165, 1.54) is 0 Å². The van der Waals surface area contributed by atoms with E-state index in [-0.39, 0.29) is 5.28 Å². The second-order valence-corrected chi connectivity index (χ2v) is 5.28. The van der Waals surface area contributed by atoms with Crippen LogP contribution >= 0.6 is 34.5 Å². The highest BCUT2D eigenvalue weighted by molar-refractivity contribution is 7.22. The Kier molecular flexibility index (Phi) is 2.74. The van der Waals surface area contributed by atoms with Crippen LogP contribution in [0.3, 0.4) is 0 Å². The van der Waals surface area contributed by atoms with Crippen LogP contribution in [0.4, 0.5) is 0 Å². The van der Waals surface area contributed by atoms with Crippen LogP contribution in [0, 0.1) is 0 Å². The Labute approximate surface area is 112 Å². The van der Waals surface area contributed by atoms with Crippen LogP contribution in [0.1, 0.15) is 0 Å². The lowest BCUT2D eigenvalue weighted by Crippen LogP contribution is -1.83. The zero-order valence-corrected chi connectivity index (χ0v) is 10.9.